The molecule has 1 aromatic carbocycles. The highest BCUT2D eigenvalue weighted by Gasteiger charge is 2.32. The molecule has 0 aliphatic carbocycles. The number of ether oxygens (including phenoxy) is 1. The quantitative estimate of drug-likeness (QED) is 0.882. The summed E-state index contributed by atoms with van der Waals surface area (Å²) >= 11 is 5.98. The molecule has 1 aliphatic rings. The van der Waals surface area contributed by atoms with Gasteiger partial charge < -0.3 is 10.5 Å². The lowest BCUT2D eigenvalue weighted by atomic mass is 9.87. The van der Waals surface area contributed by atoms with Gasteiger partial charge in [-0.25, -0.2) is 0 Å². The van der Waals surface area contributed by atoms with Crippen LogP contribution in [0.15, 0.2) is 18.2 Å². The van der Waals surface area contributed by atoms with Crippen molar-refractivity contribution in [3.63, 3.8) is 0 Å². The number of rotatable bonds is 2. The van der Waals surface area contributed by atoms with Crippen LogP contribution in [0.1, 0.15) is 30.0 Å². The van der Waals surface area contributed by atoms with Crippen LogP contribution < -0.4 is 5.73 Å². The minimum absolute atomic E-state index is 0. The van der Waals surface area contributed by atoms with E-state index in [0.29, 0.717) is 18.8 Å². The lowest BCUT2D eigenvalue weighted by molar-refractivity contribution is -0.137. The summed E-state index contributed by atoms with van der Waals surface area (Å²) in [7, 11) is 0. The number of hydrogen-bond acceptors (Lipinski definition) is 2. The Balaban J connectivity index is 0.00000200. The molecule has 1 fully saturated rings. The van der Waals surface area contributed by atoms with Crippen molar-refractivity contribution in [2.75, 3.05) is 13.2 Å². The molecule has 0 aromatic heterocycles. The lowest BCUT2D eigenvalue weighted by Gasteiger charge is -2.28. The smallest absolute Gasteiger partial charge is 0.381 e. The molecule has 0 bridgehead atoms. The van der Waals surface area contributed by atoms with Crippen molar-refractivity contribution in [3.8, 4) is 0 Å². The Morgan fingerprint density at radius 1 is 1.25 bits per heavy atom. The first kappa shape index (κ1) is 17.6. The number of alkyl halides is 3. The highest BCUT2D eigenvalue weighted by molar-refractivity contribution is 6.31. The van der Waals surface area contributed by atoms with Crippen LogP contribution in [0, 0.1) is 5.92 Å². The zero-order chi connectivity index (χ0) is 14.0. The van der Waals surface area contributed by atoms with Crippen LogP contribution in [0.25, 0.3) is 0 Å². The van der Waals surface area contributed by atoms with E-state index in [1.165, 1.54) is 6.07 Å². The van der Waals surface area contributed by atoms with Crippen LogP contribution in [-0.2, 0) is 10.9 Å². The number of halogens is 5. The van der Waals surface area contributed by atoms with E-state index in [-0.39, 0.29) is 23.3 Å². The highest BCUT2D eigenvalue weighted by atomic mass is 35.5. The molecule has 1 aromatic rings. The van der Waals surface area contributed by atoms with E-state index in [1.807, 2.05) is 0 Å². The number of benzene rings is 1. The van der Waals surface area contributed by atoms with Crippen molar-refractivity contribution in [1.29, 1.82) is 0 Å². The standard InChI is InChI=1S/C13H15ClF3NO.ClH/c14-11-2-1-9(13(15,16)17)7-10(11)12(18)8-3-5-19-6-4-8;/h1-2,7-8,12H,3-6,18H2;1H/t12-;/m1./s1. The van der Waals surface area contributed by atoms with E-state index < -0.39 is 17.8 Å². The van der Waals surface area contributed by atoms with Crippen molar-refractivity contribution in [2.24, 2.45) is 11.7 Å². The van der Waals surface area contributed by atoms with Gasteiger partial charge in [0.2, 0.25) is 0 Å². The second-order valence-corrected chi connectivity index (χ2v) is 5.12. The van der Waals surface area contributed by atoms with Gasteiger partial charge in [0.1, 0.15) is 0 Å². The third-order valence-electron chi connectivity index (χ3n) is 3.46. The lowest BCUT2D eigenvalue weighted by Crippen LogP contribution is -2.28. The number of hydrogen-bond donors (Lipinski definition) is 1. The summed E-state index contributed by atoms with van der Waals surface area (Å²) in [5.41, 5.74) is 5.73. The van der Waals surface area contributed by atoms with Gasteiger partial charge in [-0.3, -0.25) is 0 Å². The van der Waals surface area contributed by atoms with Crippen LogP contribution in [0.5, 0.6) is 0 Å². The Morgan fingerprint density at radius 2 is 1.85 bits per heavy atom. The molecule has 0 saturated carbocycles. The third-order valence-corrected chi connectivity index (χ3v) is 3.80. The summed E-state index contributed by atoms with van der Waals surface area (Å²) in [4.78, 5) is 0. The van der Waals surface area contributed by atoms with Gasteiger partial charge in [0.15, 0.2) is 0 Å². The monoisotopic (exact) mass is 329 g/mol. The van der Waals surface area contributed by atoms with E-state index in [1.54, 1.807) is 0 Å². The molecule has 1 heterocycles. The predicted molar refractivity (Wildman–Crippen MR) is 74.2 cm³/mol. The molecule has 1 atom stereocenters. The molecule has 2 nitrogen and oxygen atoms in total. The molecule has 20 heavy (non-hydrogen) atoms. The van der Waals surface area contributed by atoms with Crippen molar-refractivity contribution < 1.29 is 17.9 Å². The van der Waals surface area contributed by atoms with Gasteiger partial charge in [-0.15, -0.1) is 12.4 Å². The van der Waals surface area contributed by atoms with Crippen LogP contribution in [-0.4, -0.2) is 13.2 Å². The first-order chi connectivity index (χ1) is 8.89. The van der Waals surface area contributed by atoms with Crippen molar-refractivity contribution in [2.45, 2.75) is 25.1 Å². The zero-order valence-corrected chi connectivity index (χ0v) is 12.2. The van der Waals surface area contributed by atoms with Gasteiger partial charge in [-0.2, -0.15) is 13.2 Å². The van der Waals surface area contributed by atoms with Crippen LogP contribution in [0.3, 0.4) is 0 Å². The predicted octanol–water partition coefficient (Wildman–Crippen LogP) is 4.21. The topological polar surface area (TPSA) is 35.2 Å². The van der Waals surface area contributed by atoms with Crippen LogP contribution in [0.4, 0.5) is 13.2 Å². The van der Waals surface area contributed by atoms with Gasteiger partial charge in [0, 0.05) is 24.3 Å². The molecule has 0 amide bonds. The molecule has 2 rings (SSSR count). The van der Waals surface area contributed by atoms with Crippen molar-refractivity contribution in [1.82, 2.24) is 0 Å². The second-order valence-electron chi connectivity index (χ2n) is 4.71. The molecule has 0 spiro atoms. The Kier molecular flexibility index (Phi) is 6.13. The summed E-state index contributed by atoms with van der Waals surface area (Å²) in [6.07, 6.45) is -2.89. The molecule has 2 N–H and O–H groups in total. The molecule has 1 saturated heterocycles. The second kappa shape index (κ2) is 6.98. The molecular weight excluding hydrogens is 314 g/mol. The fraction of sp³-hybridized carbons (Fsp3) is 0.538. The Bertz CT molecular complexity index is 448. The average molecular weight is 330 g/mol. The number of nitrogens with two attached hydrogens (primary N) is 1. The summed E-state index contributed by atoms with van der Waals surface area (Å²) in [6.45, 7) is 1.18. The molecule has 114 valence electrons. The summed E-state index contributed by atoms with van der Waals surface area (Å²) in [5, 5.41) is 0.284. The van der Waals surface area contributed by atoms with E-state index in [9.17, 15) is 13.2 Å². The minimum atomic E-state index is -4.38. The maximum atomic E-state index is 12.7. The molecule has 1 aliphatic heterocycles. The van der Waals surface area contributed by atoms with Gasteiger partial charge in [0.25, 0.3) is 0 Å². The largest absolute Gasteiger partial charge is 0.416 e. The summed E-state index contributed by atoms with van der Waals surface area (Å²) < 4.78 is 43.3. The van der Waals surface area contributed by atoms with Gasteiger partial charge in [-0.1, -0.05) is 11.6 Å². The maximum absolute atomic E-state index is 12.7. The van der Waals surface area contributed by atoms with E-state index >= 15 is 0 Å². The highest BCUT2D eigenvalue weighted by Crippen LogP contribution is 2.36. The van der Waals surface area contributed by atoms with Gasteiger partial charge >= 0.3 is 6.18 Å². The van der Waals surface area contributed by atoms with Crippen molar-refractivity contribution in [3.05, 3.63) is 34.3 Å². The van der Waals surface area contributed by atoms with Crippen LogP contribution >= 0.6 is 24.0 Å². The first-order valence-electron chi connectivity index (χ1n) is 6.09. The summed E-state index contributed by atoms with van der Waals surface area (Å²) in [5.74, 6) is 0.106. The Hall–Kier alpha value is -0.490. The fourth-order valence-corrected chi connectivity index (χ4v) is 2.55. The summed E-state index contributed by atoms with van der Waals surface area (Å²) in [6, 6.07) is 2.81. The Morgan fingerprint density at radius 3 is 2.40 bits per heavy atom. The molecular formula is C13H16Cl2F3NO. The van der Waals surface area contributed by atoms with E-state index in [0.717, 1.165) is 25.0 Å². The normalized spacial score (nSPS) is 18.4. The Labute approximate surface area is 126 Å². The first-order valence-corrected chi connectivity index (χ1v) is 6.47. The molecule has 7 heteroatoms. The zero-order valence-electron chi connectivity index (χ0n) is 10.6. The van der Waals surface area contributed by atoms with Crippen molar-refractivity contribution >= 4 is 24.0 Å². The fourth-order valence-electron chi connectivity index (χ4n) is 2.30. The third kappa shape index (κ3) is 4.01. The minimum Gasteiger partial charge on any atom is -0.381 e. The molecule has 0 unspecified atom stereocenters. The maximum Gasteiger partial charge on any atom is 0.416 e. The SMILES string of the molecule is Cl.N[C@@H](c1cc(C(F)(F)F)ccc1Cl)C1CCOCC1. The van der Waals surface area contributed by atoms with Gasteiger partial charge in [0.05, 0.1) is 5.56 Å². The molecule has 0 radical (unpaired) electrons. The van der Waals surface area contributed by atoms with Gasteiger partial charge in [-0.05, 0) is 42.5 Å². The average Bonchev–Trinajstić information content (AvgIpc) is 2.38. The van der Waals surface area contributed by atoms with Crippen LogP contribution in [0.2, 0.25) is 5.02 Å². The van der Waals surface area contributed by atoms with E-state index in [4.69, 9.17) is 22.1 Å². The van der Waals surface area contributed by atoms with E-state index in [2.05, 4.69) is 0 Å².